The average Bonchev–Trinajstić information content (AvgIpc) is 3.18. The highest BCUT2D eigenvalue weighted by molar-refractivity contribution is 5.99. The molecule has 2 aliphatic rings. The molecular weight excluding hydrogens is 260 g/mol. The monoisotopic (exact) mass is 282 g/mol. The summed E-state index contributed by atoms with van der Waals surface area (Å²) in [5, 5.41) is 2.30. The van der Waals surface area contributed by atoms with Gasteiger partial charge in [-0.15, -0.1) is 0 Å². The average molecular weight is 282 g/mol. The number of hydrogen-bond acceptors (Lipinski definition) is 4. The van der Waals surface area contributed by atoms with Gasteiger partial charge < -0.3 is 10.6 Å². The van der Waals surface area contributed by atoms with E-state index >= 15 is 0 Å². The quantitative estimate of drug-likeness (QED) is 0.860. The predicted molar refractivity (Wildman–Crippen MR) is 87.6 cm³/mol. The SMILES string of the molecule is Nc1cccc2c(N3CCC(N4CCCC4)C3)nccc12. The molecule has 3 heterocycles. The highest BCUT2D eigenvalue weighted by atomic mass is 15.3. The minimum Gasteiger partial charge on any atom is -0.398 e. The predicted octanol–water partition coefficient (Wildman–Crippen LogP) is 2.49. The second-order valence-corrected chi connectivity index (χ2v) is 6.21. The number of fused-ring (bicyclic) bond motifs is 1. The highest BCUT2D eigenvalue weighted by Gasteiger charge is 2.30. The van der Waals surface area contributed by atoms with Crippen LogP contribution in [0.1, 0.15) is 19.3 Å². The van der Waals surface area contributed by atoms with Gasteiger partial charge in [0.15, 0.2) is 0 Å². The molecule has 1 aromatic heterocycles. The van der Waals surface area contributed by atoms with Crippen LogP contribution in [0.2, 0.25) is 0 Å². The Bertz CT molecular complexity index is 648. The van der Waals surface area contributed by atoms with Crippen LogP contribution in [-0.4, -0.2) is 42.1 Å². The summed E-state index contributed by atoms with van der Waals surface area (Å²) in [4.78, 5) is 9.73. The van der Waals surface area contributed by atoms with Gasteiger partial charge in [-0.1, -0.05) is 12.1 Å². The Labute approximate surface area is 125 Å². The summed E-state index contributed by atoms with van der Waals surface area (Å²) in [6.07, 6.45) is 5.86. The molecule has 2 saturated heterocycles. The van der Waals surface area contributed by atoms with Crippen LogP contribution in [0.25, 0.3) is 10.8 Å². The zero-order valence-electron chi connectivity index (χ0n) is 12.3. The summed E-state index contributed by atoms with van der Waals surface area (Å²) in [7, 11) is 0. The van der Waals surface area contributed by atoms with E-state index in [4.69, 9.17) is 5.73 Å². The Morgan fingerprint density at radius 2 is 1.90 bits per heavy atom. The molecule has 4 rings (SSSR count). The highest BCUT2D eigenvalue weighted by Crippen LogP contribution is 2.31. The molecule has 0 saturated carbocycles. The second-order valence-electron chi connectivity index (χ2n) is 6.21. The van der Waals surface area contributed by atoms with Gasteiger partial charge in [0.25, 0.3) is 0 Å². The molecule has 1 unspecified atom stereocenters. The molecule has 1 aromatic carbocycles. The summed E-state index contributed by atoms with van der Waals surface area (Å²) in [5.41, 5.74) is 6.94. The van der Waals surface area contributed by atoms with Crippen LogP contribution in [-0.2, 0) is 0 Å². The van der Waals surface area contributed by atoms with Gasteiger partial charge in [0.1, 0.15) is 5.82 Å². The largest absolute Gasteiger partial charge is 0.398 e. The lowest BCUT2D eigenvalue weighted by Gasteiger charge is -2.24. The maximum Gasteiger partial charge on any atom is 0.136 e. The van der Waals surface area contributed by atoms with E-state index in [2.05, 4.69) is 20.9 Å². The lowest BCUT2D eigenvalue weighted by Crippen LogP contribution is -2.35. The number of anilines is 2. The Balaban J connectivity index is 1.64. The van der Waals surface area contributed by atoms with Crippen LogP contribution in [0.15, 0.2) is 30.5 Å². The number of rotatable bonds is 2. The van der Waals surface area contributed by atoms with Gasteiger partial charge in [-0.2, -0.15) is 0 Å². The molecule has 0 radical (unpaired) electrons. The van der Waals surface area contributed by atoms with E-state index < -0.39 is 0 Å². The first-order chi connectivity index (χ1) is 10.3. The molecule has 0 aliphatic carbocycles. The van der Waals surface area contributed by atoms with Crippen molar-refractivity contribution in [3.8, 4) is 0 Å². The van der Waals surface area contributed by atoms with E-state index in [0.717, 1.165) is 30.0 Å². The van der Waals surface area contributed by atoms with Crippen LogP contribution in [0, 0.1) is 0 Å². The molecule has 110 valence electrons. The van der Waals surface area contributed by atoms with E-state index in [1.54, 1.807) is 0 Å². The molecule has 2 aliphatic heterocycles. The summed E-state index contributed by atoms with van der Waals surface area (Å²) in [6, 6.07) is 8.84. The third kappa shape index (κ3) is 2.23. The van der Waals surface area contributed by atoms with Gasteiger partial charge in [-0.25, -0.2) is 4.98 Å². The number of aromatic nitrogens is 1. The van der Waals surface area contributed by atoms with Crippen molar-refractivity contribution in [1.29, 1.82) is 0 Å². The Kier molecular flexibility index (Phi) is 3.19. The van der Waals surface area contributed by atoms with Gasteiger partial charge in [0, 0.05) is 41.8 Å². The smallest absolute Gasteiger partial charge is 0.136 e. The molecule has 2 fully saturated rings. The number of nitrogen functional groups attached to an aromatic ring is 1. The molecule has 4 nitrogen and oxygen atoms in total. The van der Waals surface area contributed by atoms with Crippen LogP contribution in [0.5, 0.6) is 0 Å². The van der Waals surface area contributed by atoms with E-state index in [1.165, 1.54) is 37.7 Å². The molecule has 2 aromatic rings. The first-order valence-electron chi connectivity index (χ1n) is 7.95. The van der Waals surface area contributed by atoms with Crippen molar-refractivity contribution in [2.24, 2.45) is 0 Å². The second kappa shape index (κ2) is 5.19. The van der Waals surface area contributed by atoms with Crippen molar-refractivity contribution in [2.45, 2.75) is 25.3 Å². The van der Waals surface area contributed by atoms with Gasteiger partial charge in [0.2, 0.25) is 0 Å². The molecule has 1 atom stereocenters. The molecule has 4 heteroatoms. The minimum atomic E-state index is 0.700. The lowest BCUT2D eigenvalue weighted by molar-refractivity contribution is 0.260. The zero-order valence-corrected chi connectivity index (χ0v) is 12.3. The third-order valence-corrected chi connectivity index (χ3v) is 4.94. The first kappa shape index (κ1) is 12.9. The van der Waals surface area contributed by atoms with E-state index in [-0.39, 0.29) is 0 Å². The Morgan fingerprint density at radius 1 is 1.05 bits per heavy atom. The van der Waals surface area contributed by atoms with Crippen molar-refractivity contribution in [1.82, 2.24) is 9.88 Å². The van der Waals surface area contributed by atoms with Crippen molar-refractivity contribution in [3.05, 3.63) is 30.5 Å². The van der Waals surface area contributed by atoms with Crippen molar-refractivity contribution >= 4 is 22.3 Å². The van der Waals surface area contributed by atoms with Gasteiger partial charge in [-0.05, 0) is 44.5 Å². The summed E-state index contributed by atoms with van der Waals surface area (Å²) in [6.45, 7) is 4.74. The summed E-state index contributed by atoms with van der Waals surface area (Å²) >= 11 is 0. The molecule has 0 amide bonds. The fourth-order valence-corrected chi connectivity index (χ4v) is 3.81. The molecular formula is C17H22N4. The molecule has 0 spiro atoms. The molecule has 21 heavy (non-hydrogen) atoms. The van der Waals surface area contributed by atoms with Crippen molar-refractivity contribution in [3.63, 3.8) is 0 Å². The van der Waals surface area contributed by atoms with E-state index in [1.807, 2.05) is 24.4 Å². The summed E-state index contributed by atoms with van der Waals surface area (Å²) < 4.78 is 0. The third-order valence-electron chi connectivity index (χ3n) is 4.94. The number of benzene rings is 1. The maximum atomic E-state index is 6.10. The van der Waals surface area contributed by atoms with Gasteiger partial charge in [-0.3, -0.25) is 4.90 Å². The van der Waals surface area contributed by atoms with Crippen LogP contribution >= 0.6 is 0 Å². The first-order valence-corrected chi connectivity index (χ1v) is 7.95. The maximum absolute atomic E-state index is 6.10. The fraction of sp³-hybridized carbons (Fsp3) is 0.471. The van der Waals surface area contributed by atoms with Crippen molar-refractivity contribution in [2.75, 3.05) is 36.8 Å². The van der Waals surface area contributed by atoms with Crippen LogP contribution in [0.3, 0.4) is 0 Å². The summed E-state index contributed by atoms with van der Waals surface area (Å²) in [5.74, 6) is 1.10. The normalized spacial score (nSPS) is 23.2. The van der Waals surface area contributed by atoms with Gasteiger partial charge >= 0.3 is 0 Å². The molecule has 2 N–H and O–H groups in total. The Hall–Kier alpha value is -1.81. The van der Waals surface area contributed by atoms with Crippen LogP contribution < -0.4 is 10.6 Å². The topological polar surface area (TPSA) is 45.4 Å². The zero-order chi connectivity index (χ0) is 14.2. The number of pyridine rings is 1. The number of nitrogens with two attached hydrogens (primary N) is 1. The number of nitrogens with zero attached hydrogens (tertiary/aromatic N) is 3. The minimum absolute atomic E-state index is 0.700. The lowest BCUT2D eigenvalue weighted by atomic mass is 10.1. The van der Waals surface area contributed by atoms with Gasteiger partial charge in [0.05, 0.1) is 0 Å². The Morgan fingerprint density at radius 3 is 2.76 bits per heavy atom. The number of likely N-dealkylation sites (tertiary alicyclic amines) is 1. The van der Waals surface area contributed by atoms with E-state index in [9.17, 15) is 0 Å². The van der Waals surface area contributed by atoms with Crippen molar-refractivity contribution < 1.29 is 0 Å². The standard InChI is InChI=1S/C17H22N4/c18-16-5-3-4-15-14(16)6-8-19-17(15)21-11-7-13(12-21)20-9-1-2-10-20/h3-6,8,13H,1-2,7,9-12,18H2. The van der Waals surface area contributed by atoms with E-state index in [0.29, 0.717) is 6.04 Å². The molecule has 0 bridgehead atoms. The van der Waals surface area contributed by atoms with Crippen LogP contribution in [0.4, 0.5) is 11.5 Å². The number of hydrogen-bond donors (Lipinski definition) is 1. The fourth-order valence-electron chi connectivity index (χ4n) is 3.81.